The van der Waals surface area contributed by atoms with Gasteiger partial charge < -0.3 is 59.8 Å². The van der Waals surface area contributed by atoms with Crippen LogP contribution in [-0.2, 0) is 51.0 Å². The Hall–Kier alpha value is -4.52. The summed E-state index contributed by atoms with van der Waals surface area (Å²) in [5.41, 5.74) is 4.01. The lowest BCUT2D eigenvalue weighted by Crippen LogP contribution is -2.62. The maximum atomic E-state index is 13.6. The molecule has 0 unspecified atom stereocenters. The summed E-state index contributed by atoms with van der Waals surface area (Å²) >= 11 is 0. The molecule has 16 heteroatoms. The Morgan fingerprint density at radius 2 is 1.21 bits per heavy atom. The maximum absolute atomic E-state index is 13.6. The zero-order chi connectivity index (χ0) is 52.0. The number of benzene rings is 2. The van der Waals surface area contributed by atoms with Gasteiger partial charge in [-0.2, -0.15) is 0 Å². The molecule has 16 nitrogen and oxygen atoms in total. The first kappa shape index (κ1) is 55.8. The first-order chi connectivity index (χ1) is 33.4. The van der Waals surface area contributed by atoms with Gasteiger partial charge in [-0.05, 0) is 85.5 Å². The number of fused-ring (bicyclic) bond motifs is 6. The third-order valence-corrected chi connectivity index (χ3v) is 13.9. The lowest BCUT2D eigenvalue weighted by Gasteiger charge is -2.45. The van der Waals surface area contributed by atoms with Gasteiger partial charge in [-0.25, -0.2) is 0 Å². The molecule has 0 radical (unpaired) electrons. The van der Waals surface area contributed by atoms with E-state index in [2.05, 4.69) is 37.5 Å². The predicted octanol–water partition coefficient (Wildman–Crippen LogP) is 4.76. The van der Waals surface area contributed by atoms with E-state index in [9.17, 15) is 39.6 Å². The Labute approximate surface area is 420 Å². The number of rotatable bonds is 12. The SMILES string of the molecule is CO[C@@H](C(=O)N[C@H]1Cc2ccccc2[C@H]2CCCCN2C1=O)[C@@H]1OC(C)(C)O[C@H](/C=C/C(C)(C)C)[C@@H]1O.CO[C@@H](C(=O)N[C@H]1Cc2ccccc2[C@H]2CCCCN2C1=O)[C@H](O)[C@@H](O)[C@H](O)/C=C/C(C)(C)C. The van der Waals surface area contributed by atoms with Crippen molar-refractivity contribution in [3.63, 3.8) is 0 Å². The summed E-state index contributed by atoms with van der Waals surface area (Å²) in [5.74, 6) is -2.50. The molecule has 12 atom stereocenters. The van der Waals surface area contributed by atoms with Crippen LogP contribution in [0.5, 0.6) is 0 Å². The quantitative estimate of drug-likeness (QED) is 0.159. The summed E-state index contributed by atoms with van der Waals surface area (Å²) in [7, 11) is 2.65. The molecule has 5 aliphatic rings. The van der Waals surface area contributed by atoms with E-state index in [1.807, 2.05) is 85.2 Å². The number of hydrogen-bond donors (Lipinski definition) is 6. The first-order valence-electron chi connectivity index (χ1n) is 25.3. The van der Waals surface area contributed by atoms with Crippen LogP contribution in [0.25, 0.3) is 0 Å². The van der Waals surface area contributed by atoms with Crippen LogP contribution in [-0.4, -0.2) is 148 Å². The fourth-order valence-electron chi connectivity index (χ4n) is 10.3. The molecule has 5 heterocycles. The van der Waals surface area contributed by atoms with Crippen LogP contribution in [0.2, 0.25) is 0 Å². The number of hydrogen-bond acceptors (Lipinski definition) is 12. The van der Waals surface area contributed by atoms with Gasteiger partial charge in [-0.15, -0.1) is 0 Å². The number of ether oxygens (including phenoxy) is 4. The topological polar surface area (TPSA) is 217 Å². The van der Waals surface area contributed by atoms with E-state index in [4.69, 9.17) is 18.9 Å². The fourth-order valence-corrected chi connectivity index (χ4v) is 10.3. The van der Waals surface area contributed by atoms with Crippen molar-refractivity contribution in [3.8, 4) is 0 Å². The van der Waals surface area contributed by atoms with E-state index in [0.717, 1.165) is 60.8 Å². The zero-order valence-electron chi connectivity index (χ0n) is 43.4. The van der Waals surface area contributed by atoms with Crippen LogP contribution in [0.1, 0.15) is 128 Å². The number of piperidine rings is 2. The van der Waals surface area contributed by atoms with Gasteiger partial charge in [-0.1, -0.05) is 114 Å². The second-order valence-corrected chi connectivity index (χ2v) is 22.3. The third kappa shape index (κ3) is 14.0. The molecule has 2 aromatic carbocycles. The molecule has 7 rings (SSSR count). The van der Waals surface area contributed by atoms with Crippen LogP contribution in [0, 0.1) is 10.8 Å². The number of methoxy groups -OCH3 is 2. The number of allylic oxidation sites excluding steroid dienone is 2. The monoisotopic (exact) mass is 989 g/mol. The van der Waals surface area contributed by atoms with Crippen molar-refractivity contribution < 1.29 is 58.6 Å². The fraction of sp³-hybridized carbons (Fsp3) is 0.636. The molecule has 0 saturated carbocycles. The number of nitrogens with zero attached hydrogens (tertiary/aromatic N) is 2. The van der Waals surface area contributed by atoms with Crippen LogP contribution >= 0.6 is 0 Å². The van der Waals surface area contributed by atoms with Gasteiger partial charge in [-0.3, -0.25) is 19.2 Å². The molecule has 0 aromatic heterocycles. The number of aliphatic hydroxyl groups excluding tert-OH is 4. The van der Waals surface area contributed by atoms with E-state index in [1.54, 1.807) is 19.9 Å². The Balaban J connectivity index is 0.000000233. The van der Waals surface area contributed by atoms with Crippen molar-refractivity contribution in [1.29, 1.82) is 0 Å². The molecule has 5 aliphatic heterocycles. The van der Waals surface area contributed by atoms with Gasteiger partial charge in [0.25, 0.3) is 11.8 Å². The Bertz CT molecular complexity index is 2220. The summed E-state index contributed by atoms with van der Waals surface area (Å²) in [5, 5.41) is 48.2. The molecule has 2 aromatic rings. The number of aliphatic hydroxyl groups is 4. The van der Waals surface area contributed by atoms with Crippen LogP contribution in [0.4, 0.5) is 0 Å². The molecule has 71 heavy (non-hydrogen) atoms. The van der Waals surface area contributed by atoms with Crippen LogP contribution in [0.15, 0.2) is 72.8 Å². The van der Waals surface area contributed by atoms with E-state index >= 15 is 0 Å². The van der Waals surface area contributed by atoms with Gasteiger partial charge in [0.2, 0.25) is 11.8 Å². The zero-order valence-corrected chi connectivity index (χ0v) is 43.4. The second kappa shape index (κ2) is 23.6. The Morgan fingerprint density at radius 1 is 0.718 bits per heavy atom. The van der Waals surface area contributed by atoms with Crippen LogP contribution < -0.4 is 10.6 Å². The second-order valence-electron chi connectivity index (χ2n) is 22.3. The van der Waals surface area contributed by atoms with Crippen molar-refractivity contribution in [3.05, 3.63) is 95.1 Å². The summed E-state index contributed by atoms with van der Waals surface area (Å²) in [6, 6.07) is 14.5. The highest BCUT2D eigenvalue weighted by Crippen LogP contribution is 2.38. The average molecular weight is 989 g/mol. The standard InChI is InChI=1S/C29H42N2O6.C26H38N2O6/c1-28(2,3)15-14-22-23(32)24(37-29(4,5)36-22)25(35-6)26(33)30-20-17-18-11-7-8-12-19(18)21-13-9-10-16-31(21)27(20)34;1-26(2,3)13-12-20(29)21(30)22(31)23(34-4)24(32)27-18-15-16-9-5-6-10-17(16)19-11-7-8-14-28(19)25(18)33/h7-8,11-12,14-15,20-25,32H,9-10,13,16-17H2,1-6H3,(H,30,33);5-6,9-10,12-13,18-23,29-31H,7-8,11,14-15H2,1-4H3,(H,27,32)/b15-14+;13-12+/t20-,21+,22+,23-,24+,25+;18-,19+,20+,21-,22+,23+/m00/s1. The number of nitrogens with one attached hydrogen (secondary N) is 2. The lowest BCUT2D eigenvalue weighted by molar-refractivity contribution is -0.334. The molecule has 4 amide bonds. The molecule has 0 aliphatic carbocycles. The predicted molar refractivity (Wildman–Crippen MR) is 267 cm³/mol. The van der Waals surface area contributed by atoms with Gasteiger partial charge in [0, 0.05) is 40.2 Å². The van der Waals surface area contributed by atoms with E-state index in [-0.39, 0.29) is 34.7 Å². The maximum Gasteiger partial charge on any atom is 0.252 e. The highest BCUT2D eigenvalue weighted by molar-refractivity contribution is 5.91. The number of carbonyl (C=O) groups is 4. The Kier molecular flexibility index (Phi) is 18.5. The number of amides is 4. The smallest absolute Gasteiger partial charge is 0.252 e. The minimum Gasteiger partial charge on any atom is -0.387 e. The van der Waals surface area contributed by atoms with Gasteiger partial charge in [0.05, 0.1) is 12.1 Å². The molecule has 3 saturated heterocycles. The number of carbonyl (C=O) groups excluding carboxylic acids is 4. The largest absolute Gasteiger partial charge is 0.387 e. The summed E-state index contributed by atoms with van der Waals surface area (Å²) < 4.78 is 22.8. The van der Waals surface area contributed by atoms with Crippen molar-refractivity contribution in [2.24, 2.45) is 10.8 Å². The van der Waals surface area contributed by atoms with Crippen molar-refractivity contribution >= 4 is 23.6 Å². The van der Waals surface area contributed by atoms with E-state index in [0.29, 0.717) is 25.9 Å². The molecule has 0 bridgehead atoms. The van der Waals surface area contributed by atoms with E-state index in [1.165, 1.54) is 20.3 Å². The minimum atomic E-state index is -1.69. The van der Waals surface area contributed by atoms with Crippen molar-refractivity contribution in [1.82, 2.24) is 20.4 Å². The van der Waals surface area contributed by atoms with Crippen molar-refractivity contribution in [2.75, 3.05) is 27.3 Å². The average Bonchev–Trinajstić information content (AvgIpc) is 3.52. The van der Waals surface area contributed by atoms with E-state index < -0.39 is 78.5 Å². The summed E-state index contributed by atoms with van der Waals surface area (Å²) in [6.45, 7) is 16.8. The molecular weight excluding hydrogens is 909 g/mol. The lowest BCUT2D eigenvalue weighted by atomic mass is 9.92. The minimum absolute atomic E-state index is 0.00487. The van der Waals surface area contributed by atoms with Crippen molar-refractivity contribution in [2.45, 2.75) is 186 Å². The third-order valence-electron chi connectivity index (χ3n) is 13.9. The highest BCUT2D eigenvalue weighted by Gasteiger charge is 2.49. The van der Waals surface area contributed by atoms with Gasteiger partial charge in [0.1, 0.15) is 48.7 Å². The summed E-state index contributed by atoms with van der Waals surface area (Å²) in [4.78, 5) is 57.5. The Morgan fingerprint density at radius 3 is 1.69 bits per heavy atom. The van der Waals surface area contributed by atoms with Gasteiger partial charge in [0.15, 0.2) is 18.0 Å². The van der Waals surface area contributed by atoms with Gasteiger partial charge >= 0.3 is 0 Å². The summed E-state index contributed by atoms with van der Waals surface area (Å²) in [6.07, 6.45) is 3.28. The van der Waals surface area contributed by atoms with Crippen LogP contribution in [0.3, 0.4) is 0 Å². The first-order valence-corrected chi connectivity index (χ1v) is 25.3. The molecule has 392 valence electrons. The normalized spacial score (nSPS) is 27.8. The highest BCUT2D eigenvalue weighted by atomic mass is 16.7. The molecule has 3 fully saturated rings. The molecule has 0 spiro atoms. The molecular formula is C55H80N4O12. The molecule has 6 N–H and O–H groups in total.